The van der Waals surface area contributed by atoms with Gasteiger partial charge in [0.15, 0.2) is 11.6 Å². The van der Waals surface area contributed by atoms with Gasteiger partial charge < -0.3 is 10.3 Å². The highest BCUT2D eigenvalue weighted by Gasteiger charge is 2.19. The van der Waals surface area contributed by atoms with E-state index in [4.69, 9.17) is 10.3 Å². The van der Waals surface area contributed by atoms with Gasteiger partial charge in [-0.1, -0.05) is 42.4 Å². The number of aromatic nitrogens is 1. The lowest BCUT2D eigenvalue weighted by molar-refractivity contribution is 0.436. The van der Waals surface area contributed by atoms with Crippen molar-refractivity contribution in [2.45, 2.75) is 13.3 Å². The molecule has 0 radical (unpaired) electrons. The minimum Gasteiger partial charge on any atom is -0.380 e. The SMILES string of the molecule is CCc1ccccc1-c1onc(N)c1-c1cccs1. The highest BCUT2D eigenvalue weighted by Crippen LogP contribution is 2.39. The number of anilines is 1. The number of aryl methyl sites for hydroxylation is 1. The summed E-state index contributed by atoms with van der Waals surface area (Å²) in [7, 11) is 0. The summed E-state index contributed by atoms with van der Waals surface area (Å²) in [6.45, 7) is 2.13. The van der Waals surface area contributed by atoms with Crippen LogP contribution in [0.15, 0.2) is 46.3 Å². The van der Waals surface area contributed by atoms with Crippen molar-refractivity contribution in [3.05, 3.63) is 47.3 Å². The molecule has 0 atom stereocenters. The minimum absolute atomic E-state index is 0.448. The number of nitrogens with zero attached hydrogens (tertiary/aromatic N) is 1. The second-order valence-electron chi connectivity index (χ2n) is 4.26. The van der Waals surface area contributed by atoms with Gasteiger partial charge >= 0.3 is 0 Å². The van der Waals surface area contributed by atoms with Gasteiger partial charge in [-0.25, -0.2) is 0 Å². The van der Waals surface area contributed by atoms with Gasteiger partial charge in [0.25, 0.3) is 0 Å². The van der Waals surface area contributed by atoms with E-state index in [1.54, 1.807) is 11.3 Å². The molecule has 0 saturated heterocycles. The molecule has 4 heteroatoms. The molecule has 3 rings (SSSR count). The van der Waals surface area contributed by atoms with Crippen molar-refractivity contribution in [1.82, 2.24) is 5.16 Å². The van der Waals surface area contributed by atoms with Crippen LogP contribution in [-0.4, -0.2) is 5.16 Å². The lowest BCUT2D eigenvalue weighted by Crippen LogP contribution is -1.89. The van der Waals surface area contributed by atoms with Gasteiger partial charge in [-0.15, -0.1) is 11.3 Å². The Balaban J connectivity index is 2.22. The molecule has 3 nitrogen and oxygen atoms in total. The summed E-state index contributed by atoms with van der Waals surface area (Å²) >= 11 is 1.64. The third-order valence-electron chi connectivity index (χ3n) is 3.13. The first-order valence-corrected chi connectivity index (χ1v) is 7.06. The van der Waals surface area contributed by atoms with E-state index in [0.717, 1.165) is 28.2 Å². The van der Waals surface area contributed by atoms with Gasteiger partial charge in [-0.05, 0) is 23.4 Å². The van der Waals surface area contributed by atoms with Crippen molar-refractivity contribution >= 4 is 17.2 Å². The fraction of sp³-hybridized carbons (Fsp3) is 0.133. The number of thiophene rings is 1. The molecule has 0 bridgehead atoms. The maximum atomic E-state index is 5.96. The molecule has 0 saturated carbocycles. The Morgan fingerprint density at radius 2 is 2.05 bits per heavy atom. The highest BCUT2D eigenvalue weighted by atomic mass is 32.1. The van der Waals surface area contributed by atoms with Crippen LogP contribution >= 0.6 is 11.3 Å². The van der Waals surface area contributed by atoms with Crippen molar-refractivity contribution in [1.29, 1.82) is 0 Å². The summed E-state index contributed by atoms with van der Waals surface area (Å²) in [5.74, 6) is 1.21. The molecule has 0 spiro atoms. The second kappa shape index (κ2) is 4.90. The smallest absolute Gasteiger partial charge is 0.178 e. The van der Waals surface area contributed by atoms with Gasteiger partial charge in [0.2, 0.25) is 0 Å². The molecule has 2 N–H and O–H groups in total. The Labute approximate surface area is 115 Å². The Morgan fingerprint density at radius 3 is 2.79 bits per heavy atom. The zero-order chi connectivity index (χ0) is 13.2. The molecule has 0 fully saturated rings. The topological polar surface area (TPSA) is 52.0 Å². The van der Waals surface area contributed by atoms with Crippen LogP contribution in [0.25, 0.3) is 21.8 Å². The van der Waals surface area contributed by atoms with Crippen LogP contribution in [0.3, 0.4) is 0 Å². The van der Waals surface area contributed by atoms with E-state index in [2.05, 4.69) is 24.2 Å². The van der Waals surface area contributed by atoms with Crippen molar-refractivity contribution in [3.8, 4) is 21.8 Å². The van der Waals surface area contributed by atoms with Crippen LogP contribution in [-0.2, 0) is 6.42 Å². The molecule has 3 aromatic rings. The fourth-order valence-corrected chi connectivity index (χ4v) is 2.97. The van der Waals surface area contributed by atoms with Crippen LogP contribution in [0, 0.1) is 0 Å². The molecule has 0 unspecified atom stereocenters. The first-order chi connectivity index (χ1) is 9.31. The van der Waals surface area contributed by atoms with Gasteiger partial charge in [0, 0.05) is 10.4 Å². The average molecular weight is 270 g/mol. The largest absolute Gasteiger partial charge is 0.380 e. The summed E-state index contributed by atoms with van der Waals surface area (Å²) < 4.78 is 5.48. The molecular formula is C15H14N2OS. The molecule has 96 valence electrons. The van der Waals surface area contributed by atoms with Crippen LogP contribution < -0.4 is 5.73 Å². The number of hydrogen-bond donors (Lipinski definition) is 1. The predicted molar refractivity (Wildman–Crippen MR) is 79.0 cm³/mol. The quantitative estimate of drug-likeness (QED) is 0.775. The number of nitrogen functional groups attached to an aromatic ring is 1. The molecule has 19 heavy (non-hydrogen) atoms. The van der Waals surface area contributed by atoms with E-state index in [9.17, 15) is 0 Å². The van der Waals surface area contributed by atoms with Crippen molar-refractivity contribution < 1.29 is 4.52 Å². The van der Waals surface area contributed by atoms with Crippen LogP contribution in [0.4, 0.5) is 5.82 Å². The molecule has 0 aliphatic carbocycles. The Bertz CT molecular complexity index is 686. The predicted octanol–water partition coefficient (Wildman–Crippen LogP) is 4.21. The standard InChI is InChI=1S/C15H14N2OS/c1-2-10-6-3-4-7-11(10)14-13(15(16)17-18-14)12-8-5-9-19-12/h3-9H,2H2,1H3,(H2,16,17). The summed E-state index contributed by atoms with van der Waals surface area (Å²) in [5.41, 5.74) is 9.16. The number of rotatable bonds is 3. The molecule has 2 aromatic heterocycles. The monoisotopic (exact) mass is 270 g/mol. The van der Waals surface area contributed by atoms with Gasteiger partial charge in [-0.2, -0.15) is 0 Å². The van der Waals surface area contributed by atoms with E-state index >= 15 is 0 Å². The summed E-state index contributed by atoms with van der Waals surface area (Å²) in [4.78, 5) is 1.08. The van der Waals surface area contributed by atoms with Gasteiger partial charge in [0.1, 0.15) is 0 Å². The first-order valence-electron chi connectivity index (χ1n) is 6.18. The molecule has 2 heterocycles. The molecule has 0 amide bonds. The lowest BCUT2D eigenvalue weighted by Gasteiger charge is -2.05. The zero-order valence-electron chi connectivity index (χ0n) is 10.6. The van der Waals surface area contributed by atoms with Crippen LogP contribution in [0.5, 0.6) is 0 Å². The zero-order valence-corrected chi connectivity index (χ0v) is 11.4. The summed E-state index contributed by atoms with van der Waals surface area (Å²) in [6.07, 6.45) is 0.945. The fourth-order valence-electron chi connectivity index (χ4n) is 2.20. The summed E-state index contributed by atoms with van der Waals surface area (Å²) in [6, 6.07) is 12.2. The average Bonchev–Trinajstić information content (AvgIpc) is 3.07. The van der Waals surface area contributed by atoms with Crippen molar-refractivity contribution in [2.75, 3.05) is 5.73 Å². The number of nitrogens with two attached hydrogens (primary N) is 1. The molecule has 0 aliphatic heterocycles. The number of benzene rings is 1. The van der Waals surface area contributed by atoms with Gasteiger partial charge in [-0.3, -0.25) is 0 Å². The third-order valence-corrected chi connectivity index (χ3v) is 4.02. The molecule has 1 aromatic carbocycles. The van der Waals surface area contributed by atoms with E-state index in [-0.39, 0.29) is 0 Å². The second-order valence-corrected chi connectivity index (χ2v) is 5.21. The van der Waals surface area contributed by atoms with Crippen LogP contribution in [0.2, 0.25) is 0 Å². The van der Waals surface area contributed by atoms with E-state index in [0.29, 0.717) is 5.82 Å². The van der Waals surface area contributed by atoms with Gasteiger partial charge in [0.05, 0.1) is 5.56 Å². The maximum absolute atomic E-state index is 5.96. The summed E-state index contributed by atoms with van der Waals surface area (Å²) in [5, 5.41) is 5.96. The molecule has 0 aliphatic rings. The van der Waals surface area contributed by atoms with Crippen LogP contribution in [0.1, 0.15) is 12.5 Å². The Kier molecular flexibility index (Phi) is 3.09. The lowest BCUT2D eigenvalue weighted by atomic mass is 10.00. The third kappa shape index (κ3) is 2.04. The van der Waals surface area contributed by atoms with E-state index < -0.39 is 0 Å². The van der Waals surface area contributed by atoms with Crippen molar-refractivity contribution in [2.24, 2.45) is 0 Å². The minimum atomic E-state index is 0.448. The normalized spacial score (nSPS) is 10.8. The molecular weight excluding hydrogens is 256 g/mol. The first kappa shape index (κ1) is 12.0. The van der Waals surface area contributed by atoms with Crippen molar-refractivity contribution in [3.63, 3.8) is 0 Å². The maximum Gasteiger partial charge on any atom is 0.178 e. The Hall–Kier alpha value is -2.07. The highest BCUT2D eigenvalue weighted by molar-refractivity contribution is 7.13. The number of hydrogen-bond acceptors (Lipinski definition) is 4. The van der Waals surface area contributed by atoms with E-state index in [1.807, 2.05) is 29.6 Å². The Morgan fingerprint density at radius 1 is 1.21 bits per heavy atom. The van der Waals surface area contributed by atoms with E-state index in [1.165, 1.54) is 5.56 Å².